The van der Waals surface area contributed by atoms with Crippen LogP contribution in [0.5, 0.6) is 0 Å². The van der Waals surface area contributed by atoms with E-state index >= 15 is 0 Å². The summed E-state index contributed by atoms with van der Waals surface area (Å²) >= 11 is 0. The Morgan fingerprint density at radius 3 is 2.53 bits per heavy atom. The Kier molecular flexibility index (Phi) is 6.12. The van der Waals surface area contributed by atoms with Gasteiger partial charge in [-0.15, -0.1) is 0 Å². The molecule has 1 aromatic carbocycles. The Balaban J connectivity index is 1.84. The van der Waals surface area contributed by atoms with Crippen molar-refractivity contribution in [2.75, 3.05) is 31.6 Å². The van der Waals surface area contributed by atoms with Gasteiger partial charge in [0.25, 0.3) is 11.6 Å². The predicted octanol–water partition coefficient (Wildman–Crippen LogP) is 3.50. The summed E-state index contributed by atoms with van der Waals surface area (Å²) < 4.78 is 7.16. The molecule has 1 aromatic heterocycles. The Bertz CT molecular complexity index is 941. The molecule has 1 N–H and O–H groups in total. The number of hydrogen-bond acceptors (Lipinski definition) is 6. The van der Waals surface area contributed by atoms with E-state index < -0.39 is 4.92 Å². The van der Waals surface area contributed by atoms with Gasteiger partial charge < -0.3 is 15.0 Å². The molecule has 1 amide bonds. The first-order valence-corrected chi connectivity index (χ1v) is 10.1. The van der Waals surface area contributed by atoms with Crippen LogP contribution in [0.3, 0.4) is 0 Å². The van der Waals surface area contributed by atoms with Crippen LogP contribution in [0, 0.1) is 17.0 Å². The summed E-state index contributed by atoms with van der Waals surface area (Å²) in [7, 11) is 0. The van der Waals surface area contributed by atoms with Crippen molar-refractivity contribution in [3.63, 3.8) is 0 Å². The monoisotopic (exact) mass is 415 g/mol. The highest BCUT2D eigenvalue weighted by atomic mass is 16.6. The van der Waals surface area contributed by atoms with Crippen LogP contribution in [0.2, 0.25) is 0 Å². The first kappa shape index (κ1) is 21.8. The molecular formula is C21H29N5O4. The Morgan fingerprint density at radius 1 is 1.30 bits per heavy atom. The van der Waals surface area contributed by atoms with Crippen molar-refractivity contribution in [3.8, 4) is 0 Å². The minimum Gasteiger partial charge on any atom is -0.378 e. The Morgan fingerprint density at radius 2 is 1.97 bits per heavy atom. The van der Waals surface area contributed by atoms with Crippen molar-refractivity contribution in [2.24, 2.45) is 0 Å². The van der Waals surface area contributed by atoms with Crippen molar-refractivity contribution in [3.05, 3.63) is 51.3 Å². The summed E-state index contributed by atoms with van der Waals surface area (Å²) in [5, 5.41) is 19.5. The highest BCUT2D eigenvalue weighted by molar-refractivity contribution is 5.95. The fraction of sp³-hybridized carbons (Fsp3) is 0.524. The number of benzene rings is 1. The van der Waals surface area contributed by atoms with Gasteiger partial charge in [0.2, 0.25) is 0 Å². The van der Waals surface area contributed by atoms with Gasteiger partial charge in [-0.2, -0.15) is 5.10 Å². The van der Waals surface area contributed by atoms with Gasteiger partial charge in [0.15, 0.2) is 0 Å². The number of carbonyl (C=O) groups excluding carboxylic acids is 1. The quantitative estimate of drug-likeness (QED) is 0.592. The third-order valence-electron chi connectivity index (χ3n) is 5.20. The molecule has 1 aliphatic rings. The summed E-state index contributed by atoms with van der Waals surface area (Å²) in [6, 6.07) is 4.38. The molecule has 1 saturated heterocycles. The van der Waals surface area contributed by atoms with Crippen LogP contribution in [0.15, 0.2) is 24.4 Å². The van der Waals surface area contributed by atoms with E-state index in [9.17, 15) is 14.9 Å². The zero-order valence-corrected chi connectivity index (χ0v) is 18.1. The SMILES string of the molecule is Cc1nn(C(C)(C)C)cc1C(C)Nc1ccc(C(=O)N2CCOCC2)cc1[N+](=O)[O-]. The third kappa shape index (κ3) is 4.62. The smallest absolute Gasteiger partial charge is 0.293 e. The van der Waals surface area contributed by atoms with Crippen LogP contribution in [0.1, 0.15) is 55.4 Å². The summed E-state index contributed by atoms with van der Waals surface area (Å²) in [5.74, 6) is -0.219. The molecule has 0 radical (unpaired) electrons. The second-order valence-corrected chi connectivity index (χ2v) is 8.54. The first-order valence-electron chi connectivity index (χ1n) is 10.1. The van der Waals surface area contributed by atoms with Crippen LogP contribution in [0.25, 0.3) is 0 Å². The lowest BCUT2D eigenvalue weighted by Crippen LogP contribution is -2.40. The standard InChI is InChI=1S/C21H29N5O4/c1-14(17-13-25(21(3,4)5)23-15(17)2)22-18-7-6-16(12-19(18)26(28)29)20(27)24-8-10-30-11-9-24/h6-7,12-14,22H,8-11H2,1-5H3. The normalized spacial score (nSPS) is 15.7. The van der Waals surface area contributed by atoms with Crippen molar-refractivity contribution in [2.45, 2.75) is 46.2 Å². The van der Waals surface area contributed by atoms with Gasteiger partial charge in [-0.3, -0.25) is 19.6 Å². The maximum absolute atomic E-state index is 12.7. The second-order valence-electron chi connectivity index (χ2n) is 8.54. The summed E-state index contributed by atoms with van der Waals surface area (Å²) in [6.07, 6.45) is 1.97. The minimum atomic E-state index is -0.462. The number of nitro benzene ring substituents is 1. The highest BCUT2D eigenvalue weighted by Gasteiger charge is 2.25. The van der Waals surface area contributed by atoms with E-state index in [4.69, 9.17) is 4.74 Å². The predicted molar refractivity (Wildman–Crippen MR) is 114 cm³/mol. The summed E-state index contributed by atoms with van der Waals surface area (Å²) in [5.41, 5.74) is 2.23. The second kappa shape index (κ2) is 8.43. The number of nitrogens with zero attached hydrogens (tertiary/aromatic N) is 4. The number of nitro groups is 1. The topological polar surface area (TPSA) is 103 Å². The zero-order chi connectivity index (χ0) is 22.1. The van der Waals surface area contributed by atoms with Crippen molar-refractivity contribution >= 4 is 17.3 Å². The van der Waals surface area contributed by atoms with Crippen LogP contribution < -0.4 is 5.32 Å². The minimum absolute atomic E-state index is 0.123. The van der Waals surface area contributed by atoms with E-state index in [1.807, 2.05) is 24.7 Å². The number of aryl methyl sites for hydroxylation is 1. The number of carbonyl (C=O) groups is 1. The molecule has 1 fully saturated rings. The van der Waals surface area contributed by atoms with E-state index in [0.717, 1.165) is 11.3 Å². The Labute approximate surface area is 176 Å². The van der Waals surface area contributed by atoms with E-state index in [1.54, 1.807) is 17.0 Å². The molecule has 30 heavy (non-hydrogen) atoms. The van der Waals surface area contributed by atoms with Crippen molar-refractivity contribution < 1.29 is 14.5 Å². The Hall–Kier alpha value is -2.94. The van der Waals surface area contributed by atoms with E-state index in [2.05, 4.69) is 31.2 Å². The molecule has 9 nitrogen and oxygen atoms in total. The number of anilines is 1. The summed E-state index contributed by atoms with van der Waals surface area (Å²) in [4.78, 5) is 25.6. The molecule has 1 aliphatic heterocycles. The molecule has 2 heterocycles. The molecular weight excluding hydrogens is 386 g/mol. The number of nitrogens with one attached hydrogen (secondary N) is 1. The molecule has 9 heteroatoms. The molecule has 0 spiro atoms. The number of ether oxygens (including phenoxy) is 1. The lowest BCUT2D eigenvalue weighted by molar-refractivity contribution is -0.384. The molecule has 1 atom stereocenters. The molecule has 3 rings (SSSR count). The maximum Gasteiger partial charge on any atom is 0.293 e. The fourth-order valence-corrected chi connectivity index (χ4v) is 3.44. The van der Waals surface area contributed by atoms with Crippen molar-refractivity contribution in [1.29, 1.82) is 0 Å². The van der Waals surface area contributed by atoms with Crippen LogP contribution >= 0.6 is 0 Å². The van der Waals surface area contributed by atoms with Gasteiger partial charge >= 0.3 is 0 Å². The first-order chi connectivity index (χ1) is 14.1. The van der Waals surface area contributed by atoms with Gasteiger partial charge in [-0.1, -0.05) is 0 Å². The number of hydrogen-bond donors (Lipinski definition) is 1. The maximum atomic E-state index is 12.7. The lowest BCUT2D eigenvalue weighted by Gasteiger charge is -2.27. The van der Waals surface area contributed by atoms with Crippen LogP contribution in [-0.2, 0) is 10.3 Å². The van der Waals surface area contributed by atoms with E-state index in [0.29, 0.717) is 37.6 Å². The number of rotatable bonds is 5. The molecule has 0 saturated carbocycles. The van der Waals surface area contributed by atoms with E-state index in [1.165, 1.54) is 6.07 Å². The number of amides is 1. The highest BCUT2D eigenvalue weighted by Crippen LogP contribution is 2.31. The average Bonchev–Trinajstić information content (AvgIpc) is 3.10. The lowest BCUT2D eigenvalue weighted by atomic mass is 10.1. The van der Waals surface area contributed by atoms with Gasteiger partial charge in [0, 0.05) is 36.5 Å². The molecule has 0 bridgehead atoms. The average molecular weight is 415 g/mol. The fourth-order valence-electron chi connectivity index (χ4n) is 3.44. The van der Waals surface area contributed by atoms with Crippen LogP contribution in [0.4, 0.5) is 11.4 Å². The van der Waals surface area contributed by atoms with Gasteiger partial charge in [0.05, 0.1) is 35.4 Å². The van der Waals surface area contributed by atoms with E-state index in [-0.39, 0.29) is 23.2 Å². The van der Waals surface area contributed by atoms with Gasteiger partial charge in [-0.05, 0) is 46.8 Å². The molecule has 2 aromatic rings. The zero-order valence-electron chi connectivity index (χ0n) is 18.1. The third-order valence-corrected chi connectivity index (χ3v) is 5.20. The molecule has 162 valence electrons. The number of aromatic nitrogens is 2. The van der Waals surface area contributed by atoms with Gasteiger partial charge in [-0.25, -0.2) is 0 Å². The number of morpholine rings is 1. The molecule has 0 aliphatic carbocycles. The molecule has 1 unspecified atom stereocenters. The van der Waals surface area contributed by atoms with Gasteiger partial charge in [0.1, 0.15) is 5.69 Å². The van der Waals surface area contributed by atoms with Crippen LogP contribution in [-0.4, -0.2) is 51.8 Å². The largest absolute Gasteiger partial charge is 0.378 e. The van der Waals surface area contributed by atoms with Crippen molar-refractivity contribution in [1.82, 2.24) is 14.7 Å². The summed E-state index contributed by atoms with van der Waals surface area (Å²) in [6.45, 7) is 12.0.